The molecule has 0 unspecified atom stereocenters. The predicted octanol–water partition coefficient (Wildman–Crippen LogP) is 2.62. The first kappa shape index (κ1) is 11.3. The summed E-state index contributed by atoms with van der Waals surface area (Å²) in [5.41, 5.74) is 0.952. The lowest BCUT2D eigenvalue weighted by molar-refractivity contribution is 0.151. The molecule has 0 bridgehead atoms. The molecule has 0 radical (unpaired) electrons. The second-order valence-electron chi connectivity index (χ2n) is 2.92. The lowest BCUT2D eigenvalue weighted by Gasteiger charge is -1.99. The molecule has 0 fully saturated rings. The summed E-state index contributed by atoms with van der Waals surface area (Å²) >= 11 is 0. The molecule has 0 atom stereocenters. The first-order chi connectivity index (χ1) is 7.36. The Balaban J connectivity index is 2.45. The van der Waals surface area contributed by atoms with E-state index in [1.807, 2.05) is 24.3 Å². The van der Waals surface area contributed by atoms with Gasteiger partial charge in [0.25, 0.3) is 0 Å². The summed E-state index contributed by atoms with van der Waals surface area (Å²) in [6.45, 7) is 4.15. The highest BCUT2D eigenvalue weighted by Gasteiger charge is 1.91. The molecule has 1 aromatic rings. The van der Waals surface area contributed by atoms with Crippen molar-refractivity contribution >= 4 is 6.21 Å². The Labute approximate surface area is 90.0 Å². The average molecular weight is 205 g/mol. The van der Waals surface area contributed by atoms with Crippen molar-refractivity contribution in [1.82, 2.24) is 0 Å². The van der Waals surface area contributed by atoms with Crippen LogP contribution in [0.2, 0.25) is 0 Å². The van der Waals surface area contributed by atoms with Crippen LogP contribution in [0.1, 0.15) is 12.0 Å². The van der Waals surface area contributed by atoms with Gasteiger partial charge in [0.1, 0.15) is 12.4 Å². The van der Waals surface area contributed by atoms with E-state index in [0.29, 0.717) is 6.61 Å². The maximum atomic E-state index is 5.08. The summed E-state index contributed by atoms with van der Waals surface area (Å²) in [6, 6.07) is 7.61. The Kier molecular flexibility index (Phi) is 5.01. The van der Waals surface area contributed by atoms with E-state index in [2.05, 4.69) is 11.7 Å². The molecule has 3 heteroatoms. The topological polar surface area (TPSA) is 30.8 Å². The van der Waals surface area contributed by atoms with Crippen molar-refractivity contribution < 1.29 is 9.57 Å². The zero-order valence-corrected chi connectivity index (χ0v) is 8.85. The van der Waals surface area contributed by atoms with Crippen LogP contribution in [-0.4, -0.2) is 19.9 Å². The molecule has 0 aromatic heterocycles. The van der Waals surface area contributed by atoms with Crippen molar-refractivity contribution in [3.63, 3.8) is 0 Å². The van der Waals surface area contributed by atoms with Gasteiger partial charge in [-0.3, -0.25) is 0 Å². The average Bonchev–Trinajstić information content (AvgIpc) is 2.29. The minimum atomic E-state index is 0.559. The highest BCUT2D eigenvalue weighted by atomic mass is 16.6. The quantitative estimate of drug-likeness (QED) is 0.309. The minimum Gasteiger partial charge on any atom is -0.497 e. The molecule has 0 saturated carbocycles. The van der Waals surface area contributed by atoms with Crippen LogP contribution in [0, 0.1) is 0 Å². The molecule has 1 aromatic carbocycles. The summed E-state index contributed by atoms with van der Waals surface area (Å²) in [7, 11) is 1.64. The fourth-order valence-electron chi connectivity index (χ4n) is 1.01. The molecule has 0 aliphatic rings. The smallest absolute Gasteiger partial charge is 0.120 e. The van der Waals surface area contributed by atoms with Gasteiger partial charge < -0.3 is 9.57 Å². The lowest BCUT2D eigenvalue weighted by atomic mass is 10.2. The molecule has 0 amide bonds. The number of benzene rings is 1. The fraction of sp³-hybridized carbons (Fsp3) is 0.250. The summed E-state index contributed by atoms with van der Waals surface area (Å²) in [5, 5.41) is 3.83. The van der Waals surface area contributed by atoms with Crippen molar-refractivity contribution in [1.29, 1.82) is 0 Å². The normalized spacial score (nSPS) is 10.2. The van der Waals surface area contributed by atoms with E-state index in [1.54, 1.807) is 19.4 Å². The second-order valence-corrected chi connectivity index (χ2v) is 2.92. The summed E-state index contributed by atoms with van der Waals surface area (Å²) in [4.78, 5) is 5.01. The first-order valence-electron chi connectivity index (χ1n) is 4.77. The first-order valence-corrected chi connectivity index (χ1v) is 4.77. The van der Waals surface area contributed by atoms with E-state index >= 15 is 0 Å². The van der Waals surface area contributed by atoms with Crippen LogP contribution < -0.4 is 4.74 Å². The molecule has 3 nitrogen and oxygen atoms in total. The van der Waals surface area contributed by atoms with E-state index < -0.39 is 0 Å². The largest absolute Gasteiger partial charge is 0.497 e. The Morgan fingerprint density at radius 1 is 1.47 bits per heavy atom. The highest BCUT2D eigenvalue weighted by molar-refractivity contribution is 5.79. The molecule has 0 N–H and O–H groups in total. The number of oxime groups is 1. The number of hydrogen-bond donors (Lipinski definition) is 0. The van der Waals surface area contributed by atoms with Gasteiger partial charge in [-0.1, -0.05) is 23.4 Å². The summed E-state index contributed by atoms with van der Waals surface area (Å²) in [6.07, 6.45) is 4.25. The zero-order valence-electron chi connectivity index (χ0n) is 8.85. The standard InChI is InChI=1S/C12H15NO2/c1-3-4-8-15-13-10-11-6-5-7-12(9-11)14-2/h3,5-7,9-10H,1,4,8H2,2H3. The molecule has 1 rings (SSSR count). The third-order valence-corrected chi connectivity index (χ3v) is 1.78. The molecular weight excluding hydrogens is 190 g/mol. The summed E-state index contributed by atoms with van der Waals surface area (Å²) in [5.74, 6) is 0.810. The fourth-order valence-corrected chi connectivity index (χ4v) is 1.01. The summed E-state index contributed by atoms with van der Waals surface area (Å²) < 4.78 is 5.08. The molecule has 80 valence electrons. The number of hydrogen-bond acceptors (Lipinski definition) is 3. The number of nitrogens with zero attached hydrogens (tertiary/aromatic N) is 1. The third kappa shape index (κ3) is 4.31. The number of methoxy groups -OCH3 is 1. The molecule has 0 aliphatic heterocycles. The van der Waals surface area contributed by atoms with Crippen molar-refractivity contribution in [2.45, 2.75) is 6.42 Å². The second kappa shape index (κ2) is 6.65. The van der Waals surface area contributed by atoms with Crippen molar-refractivity contribution in [2.24, 2.45) is 5.16 Å². The van der Waals surface area contributed by atoms with E-state index in [9.17, 15) is 0 Å². The monoisotopic (exact) mass is 205 g/mol. The molecular formula is C12H15NO2. The Morgan fingerprint density at radius 3 is 3.07 bits per heavy atom. The van der Waals surface area contributed by atoms with Gasteiger partial charge >= 0.3 is 0 Å². The number of rotatable bonds is 6. The Hall–Kier alpha value is -1.77. The SMILES string of the molecule is C=CCCON=Cc1cccc(OC)c1. The zero-order chi connectivity index (χ0) is 10.9. The van der Waals surface area contributed by atoms with E-state index in [4.69, 9.17) is 9.57 Å². The van der Waals surface area contributed by atoms with Crippen LogP contribution in [0.3, 0.4) is 0 Å². The third-order valence-electron chi connectivity index (χ3n) is 1.78. The lowest BCUT2D eigenvalue weighted by Crippen LogP contribution is -1.88. The van der Waals surface area contributed by atoms with Gasteiger partial charge in [-0.05, 0) is 17.7 Å². The van der Waals surface area contributed by atoms with Crippen molar-refractivity contribution in [2.75, 3.05) is 13.7 Å². The molecule has 15 heavy (non-hydrogen) atoms. The Morgan fingerprint density at radius 2 is 2.33 bits per heavy atom. The van der Waals surface area contributed by atoms with Crippen LogP contribution in [0.5, 0.6) is 5.75 Å². The van der Waals surface area contributed by atoms with Crippen molar-refractivity contribution in [3.8, 4) is 5.75 Å². The van der Waals surface area contributed by atoms with Gasteiger partial charge in [0, 0.05) is 6.42 Å². The van der Waals surface area contributed by atoms with Gasteiger partial charge in [-0.2, -0.15) is 0 Å². The van der Waals surface area contributed by atoms with Crippen LogP contribution in [0.4, 0.5) is 0 Å². The van der Waals surface area contributed by atoms with Crippen LogP contribution in [0.15, 0.2) is 42.1 Å². The van der Waals surface area contributed by atoms with E-state index in [0.717, 1.165) is 17.7 Å². The van der Waals surface area contributed by atoms with Gasteiger partial charge in [-0.25, -0.2) is 0 Å². The molecule has 0 heterocycles. The molecule has 0 spiro atoms. The van der Waals surface area contributed by atoms with Gasteiger partial charge in [0.05, 0.1) is 13.3 Å². The van der Waals surface area contributed by atoms with Gasteiger partial charge in [0.15, 0.2) is 0 Å². The number of ether oxygens (including phenoxy) is 1. The molecule has 0 aliphatic carbocycles. The van der Waals surface area contributed by atoms with Crippen LogP contribution in [0.25, 0.3) is 0 Å². The maximum absolute atomic E-state index is 5.08. The molecule has 0 saturated heterocycles. The van der Waals surface area contributed by atoms with Crippen molar-refractivity contribution in [3.05, 3.63) is 42.5 Å². The Bertz CT molecular complexity index is 334. The maximum Gasteiger partial charge on any atom is 0.120 e. The predicted molar refractivity (Wildman–Crippen MR) is 61.4 cm³/mol. The van der Waals surface area contributed by atoms with Crippen LogP contribution >= 0.6 is 0 Å². The highest BCUT2D eigenvalue weighted by Crippen LogP contribution is 2.10. The van der Waals surface area contributed by atoms with E-state index in [1.165, 1.54) is 0 Å². The van der Waals surface area contributed by atoms with E-state index in [-0.39, 0.29) is 0 Å². The van der Waals surface area contributed by atoms with Gasteiger partial charge in [0.2, 0.25) is 0 Å². The minimum absolute atomic E-state index is 0.559. The van der Waals surface area contributed by atoms with Gasteiger partial charge in [-0.15, -0.1) is 6.58 Å². The van der Waals surface area contributed by atoms with Crippen LogP contribution in [-0.2, 0) is 4.84 Å².